The number of aliphatic hydroxyl groups is 3. The van der Waals surface area contributed by atoms with Gasteiger partial charge in [-0.25, -0.2) is 4.98 Å². The fraction of sp³-hybridized carbons (Fsp3) is 0.519. The first-order valence-electron chi connectivity index (χ1n) is 13.0. The third-order valence-electron chi connectivity index (χ3n) is 6.70. The first-order chi connectivity index (χ1) is 19.1. The van der Waals surface area contributed by atoms with E-state index in [-0.39, 0.29) is 63.0 Å². The molecule has 2 aromatic rings. The molecule has 0 bridgehead atoms. The summed E-state index contributed by atoms with van der Waals surface area (Å²) >= 11 is 1.23. The van der Waals surface area contributed by atoms with Gasteiger partial charge in [0.15, 0.2) is 16.7 Å². The molecule has 3 rings (SSSR count). The summed E-state index contributed by atoms with van der Waals surface area (Å²) < 4.78 is 5.15. The number of carbonyl (C=O) groups is 4. The van der Waals surface area contributed by atoms with Gasteiger partial charge in [-0.15, -0.1) is 0 Å². The monoisotopic (exact) mass is 576 g/mol. The van der Waals surface area contributed by atoms with Gasteiger partial charge in [0.1, 0.15) is 11.9 Å². The van der Waals surface area contributed by atoms with Crippen LogP contribution in [0.25, 0.3) is 0 Å². The highest BCUT2D eigenvalue weighted by Crippen LogP contribution is 2.25. The Labute approximate surface area is 236 Å². The molecular formula is C27H36N4O8S. The highest BCUT2D eigenvalue weighted by molar-refractivity contribution is 7.15. The molecule has 1 aliphatic rings. The molecule has 40 heavy (non-hydrogen) atoms. The summed E-state index contributed by atoms with van der Waals surface area (Å²) in [5.41, 5.74) is 0.859. The molecule has 1 saturated heterocycles. The molecule has 12 nitrogen and oxygen atoms in total. The van der Waals surface area contributed by atoms with Crippen LogP contribution in [-0.4, -0.2) is 93.6 Å². The lowest BCUT2D eigenvalue weighted by molar-refractivity contribution is -0.135. The third kappa shape index (κ3) is 8.81. The number of ketones is 2. The molecule has 1 aliphatic heterocycles. The number of methoxy groups -OCH3 is 1. The largest absolute Gasteiger partial charge is 0.497 e. The van der Waals surface area contributed by atoms with Crippen LogP contribution in [-0.2, 0) is 32.2 Å². The molecule has 1 fully saturated rings. The zero-order chi connectivity index (χ0) is 29.2. The van der Waals surface area contributed by atoms with Gasteiger partial charge in [0.2, 0.25) is 11.8 Å². The number of nitrogens with zero attached hydrogens (tertiary/aromatic N) is 2. The molecule has 1 aromatic carbocycles. The second-order valence-electron chi connectivity index (χ2n) is 9.77. The number of nitrogens with one attached hydrogen (secondary N) is 2. The Kier molecular flexibility index (Phi) is 11.6. The number of β-amino-alcohol motifs (C(OH)–C–C–N with tert-alkyl or cyclic N) is 1. The van der Waals surface area contributed by atoms with Gasteiger partial charge in [-0.1, -0.05) is 30.4 Å². The number of ether oxygens (including phenoxy) is 1. The average molecular weight is 577 g/mol. The van der Waals surface area contributed by atoms with Crippen LogP contribution in [0.1, 0.15) is 36.6 Å². The van der Waals surface area contributed by atoms with E-state index in [0.717, 1.165) is 5.56 Å². The number of benzene rings is 1. The van der Waals surface area contributed by atoms with Gasteiger partial charge in [0, 0.05) is 37.9 Å². The zero-order valence-corrected chi connectivity index (χ0v) is 23.4. The highest BCUT2D eigenvalue weighted by Gasteiger charge is 2.42. The maximum atomic E-state index is 12.9. The van der Waals surface area contributed by atoms with Crippen LogP contribution in [0, 0.1) is 5.92 Å². The summed E-state index contributed by atoms with van der Waals surface area (Å²) in [5.74, 6) is -1.35. The van der Waals surface area contributed by atoms with Gasteiger partial charge in [0.25, 0.3) is 0 Å². The Balaban J connectivity index is 1.39. The van der Waals surface area contributed by atoms with Gasteiger partial charge in [-0.05, 0) is 24.1 Å². The number of hydrogen-bond acceptors (Lipinski definition) is 11. The molecule has 0 saturated carbocycles. The first kappa shape index (κ1) is 31.1. The topological polar surface area (TPSA) is 178 Å². The van der Waals surface area contributed by atoms with Crippen LogP contribution in [0.2, 0.25) is 0 Å². The standard InChI is InChI=1S/C27H36N4O8S/c1-16(9-19(34)12-29-27-30-13-21(15-32)40-27)26(38)28-11-18(33)5-8-24(36)31-14-23(35)25(37)22(31)10-17-3-6-20(39-2)7-4-17/h3-4,6-7,13,16,22-23,25,32,35,37H,5,8-12,14-15H2,1-2H3,(H,28,38)(H,29,30)/t16-,22-,23+,25+/m1/s1. The van der Waals surface area contributed by atoms with Crippen molar-refractivity contribution in [3.05, 3.63) is 40.9 Å². The Morgan fingerprint density at radius 1 is 1.12 bits per heavy atom. The second-order valence-corrected chi connectivity index (χ2v) is 10.9. The molecule has 13 heteroatoms. The van der Waals surface area contributed by atoms with E-state index in [1.54, 1.807) is 26.2 Å². The van der Waals surface area contributed by atoms with Crippen LogP contribution in [0.4, 0.5) is 5.13 Å². The minimum absolute atomic E-state index is 0.0175. The van der Waals surface area contributed by atoms with E-state index < -0.39 is 30.1 Å². The van der Waals surface area contributed by atoms with E-state index in [2.05, 4.69) is 15.6 Å². The number of Topliss-reactive ketones (excluding diaryl/α,β-unsaturated/α-hetero) is 2. The summed E-state index contributed by atoms with van der Waals surface area (Å²) in [5, 5.41) is 35.6. The third-order valence-corrected chi connectivity index (χ3v) is 7.64. The number of aliphatic hydroxyl groups excluding tert-OH is 3. The van der Waals surface area contributed by atoms with Crippen molar-refractivity contribution in [2.24, 2.45) is 5.92 Å². The normalized spacial score (nSPS) is 19.2. The number of rotatable bonds is 15. The lowest BCUT2D eigenvalue weighted by Gasteiger charge is -2.26. The van der Waals surface area contributed by atoms with Crippen LogP contribution in [0.15, 0.2) is 30.5 Å². The van der Waals surface area contributed by atoms with E-state index in [0.29, 0.717) is 22.2 Å². The maximum absolute atomic E-state index is 12.9. The SMILES string of the molecule is COc1ccc(C[C@@H]2[C@H](O)[C@@H](O)CN2C(=O)CCC(=O)CNC(=O)[C@H](C)CC(=O)CNc2ncc(CO)s2)cc1. The summed E-state index contributed by atoms with van der Waals surface area (Å²) in [6, 6.07) is 6.56. The van der Waals surface area contributed by atoms with Crippen LogP contribution in [0.3, 0.4) is 0 Å². The molecule has 0 radical (unpaired) electrons. The van der Waals surface area contributed by atoms with E-state index in [1.807, 2.05) is 12.1 Å². The van der Waals surface area contributed by atoms with Crippen LogP contribution >= 0.6 is 11.3 Å². The number of carbonyl (C=O) groups excluding carboxylic acids is 4. The molecule has 218 valence electrons. The summed E-state index contributed by atoms with van der Waals surface area (Å²) in [7, 11) is 1.56. The molecule has 0 aliphatic carbocycles. The van der Waals surface area contributed by atoms with Crippen molar-refractivity contribution in [1.82, 2.24) is 15.2 Å². The average Bonchev–Trinajstić information content (AvgIpc) is 3.53. The first-order valence-corrected chi connectivity index (χ1v) is 13.8. The number of amides is 2. The Morgan fingerprint density at radius 2 is 1.85 bits per heavy atom. The van der Waals surface area contributed by atoms with Crippen molar-refractivity contribution in [3.8, 4) is 5.75 Å². The van der Waals surface area contributed by atoms with E-state index in [9.17, 15) is 29.4 Å². The fourth-order valence-corrected chi connectivity index (χ4v) is 5.06. The lowest BCUT2D eigenvalue weighted by atomic mass is 10.0. The molecule has 1 aromatic heterocycles. The molecule has 0 unspecified atom stereocenters. The van der Waals surface area contributed by atoms with Gasteiger partial charge < -0.3 is 35.6 Å². The summed E-state index contributed by atoms with van der Waals surface area (Å²) in [6.07, 6.45) is -0.617. The lowest BCUT2D eigenvalue weighted by Crippen LogP contribution is -2.41. The Bertz CT molecular complexity index is 1170. The van der Waals surface area contributed by atoms with Gasteiger partial charge in [-0.3, -0.25) is 19.2 Å². The molecule has 2 amide bonds. The zero-order valence-electron chi connectivity index (χ0n) is 22.5. The van der Waals surface area contributed by atoms with Gasteiger partial charge in [0.05, 0.1) is 43.8 Å². The minimum Gasteiger partial charge on any atom is -0.497 e. The smallest absolute Gasteiger partial charge is 0.223 e. The van der Waals surface area contributed by atoms with E-state index >= 15 is 0 Å². The van der Waals surface area contributed by atoms with Gasteiger partial charge in [-0.2, -0.15) is 0 Å². The number of aromatic nitrogens is 1. The molecule has 5 N–H and O–H groups in total. The fourth-order valence-electron chi connectivity index (χ4n) is 4.39. The number of hydrogen-bond donors (Lipinski definition) is 5. The van der Waals surface area contributed by atoms with Crippen molar-refractivity contribution in [2.45, 2.75) is 57.5 Å². The Morgan fingerprint density at radius 3 is 2.50 bits per heavy atom. The van der Waals surface area contributed by atoms with E-state index in [1.165, 1.54) is 22.4 Å². The predicted octanol–water partition coefficient (Wildman–Crippen LogP) is 0.292. The van der Waals surface area contributed by atoms with Crippen molar-refractivity contribution >= 4 is 39.8 Å². The minimum atomic E-state index is -1.11. The van der Waals surface area contributed by atoms with Crippen molar-refractivity contribution < 1.29 is 39.2 Å². The molecule has 0 spiro atoms. The quantitative estimate of drug-likeness (QED) is 0.198. The van der Waals surface area contributed by atoms with Crippen LogP contribution < -0.4 is 15.4 Å². The molecular weight excluding hydrogens is 540 g/mol. The summed E-state index contributed by atoms with van der Waals surface area (Å²) in [6.45, 7) is 1.13. The van der Waals surface area contributed by atoms with Crippen molar-refractivity contribution in [2.75, 3.05) is 32.1 Å². The molecule has 4 atom stereocenters. The van der Waals surface area contributed by atoms with Crippen molar-refractivity contribution in [3.63, 3.8) is 0 Å². The number of anilines is 1. The van der Waals surface area contributed by atoms with Crippen molar-refractivity contribution in [1.29, 1.82) is 0 Å². The maximum Gasteiger partial charge on any atom is 0.223 e. The highest BCUT2D eigenvalue weighted by atomic mass is 32.1. The second kappa shape index (κ2) is 14.8. The Hall–Kier alpha value is -3.39. The van der Waals surface area contributed by atoms with Gasteiger partial charge >= 0.3 is 0 Å². The summed E-state index contributed by atoms with van der Waals surface area (Å²) in [4.78, 5) is 55.9. The number of thiazole rings is 1. The van der Waals surface area contributed by atoms with Crippen LogP contribution in [0.5, 0.6) is 5.75 Å². The molecule has 2 heterocycles. The number of likely N-dealkylation sites (tertiary alicyclic amines) is 1. The van der Waals surface area contributed by atoms with E-state index in [4.69, 9.17) is 9.84 Å². The predicted molar refractivity (Wildman–Crippen MR) is 147 cm³/mol.